The highest BCUT2D eigenvalue weighted by atomic mass is 79.9. The standard InChI is InChI=1S/C18H18BrNO4/c1-20(10-12-9-13(19)7-8-14(12)22-2)18(21)17-11-23-15-5-3-4-6-16(15)24-17/h3-9,17H,10-11H2,1-2H3/t17-/m1/s1. The molecule has 126 valence electrons. The molecule has 1 atom stereocenters. The molecule has 6 heteroatoms. The summed E-state index contributed by atoms with van der Waals surface area (Å²) in [6.45, 7) is 0.624. The molecule has 5 nitrogen and oxygen atoms in total. The number of fused-ring (bicyclic) bond motifs is 1. The molecule has 0 bridgehead atoms. The Labute approximate surface area is 149 Å². The van der Waals surface area contributed by atoms with Gasteiger partial charge in [0.2, 0.25) is 6.10 Å². The Bertz CT molecular complexity index is 750. The first-order valence-corrected chi connectivity index (χ1v) is 8.33. The monoisotopic (exact) mass is 391 g/mol. The van der Waals surface area contributed by atoms with E-state index < -0.39 is 6.10 Å². The molecule has 1 amide bonds. The SMILES string of the molecule is COc1ccc(Br)cc1CN(C)C(=O)[C@H]1COc2ccccc2O1. The van der Waals surface area contributed by atoms with Crippen molar-refractivity contribution in [2.45, 2.75) is 12.6 Å². The van der Waals surface area contributed by atoms with Crippen LogP contribution in [0.25, 0.3) is 0 Å². The lowest BCUT2D eigenvalue weighted by Gasteiger charge is -2.29. The zero-order valence-corrected chi connectivity index (χ0v) is 15.1. The van der Waals surface area contributed by atoms with Crippen molar-refractivity contribution in [1.29, 1.82) is 0 Å². The van der Waals surface area contributed by atoms with Gasteiger partial charge in [-0.05, 0) is 30.3 Å². The van der Waals surface area contributed by atoms with Crippen molar-refractivity contribution in [3.8, 4) is 17.2 Å². The maximum atomic E-state index is 12.7. The van der Waals surface area contributed by atoms with Crippen molar-refractivity contribution in [2.75, 3.05) is 20.8 Å². The van der Waals surface area contributed by atoms with Crippen LogP contribution in [0.3, 0.4) is 0 Å². The Kier molecular flexibility index (Phi) is 4.94. The minimum Gasteiger partial charge on any atom is -0.496 e. The van der Waals surface area contributed by atoms with Crippen molar-refractivity contribution in [1.82, 2.24) is 4.90 Å². The third-order valence-corrected chi connectivity index (χ3v) is 4.30. The largest absolute Gasteiger partial charge is 0.496 e. The number of rotatable bonds is 4. The molecule has 0 spiro atoms. The van der Waals surface area contributed by atoms with Gasteiger partial charge in [-0.15, -0.1) is 0 Å². The van der Waals surface area contributed by atoms with Gasteiger partial charge < -0.3 is 19.1 Å². The number of carbonyl (C=O) groups excluding carboxylic acids is 1. The van der Waals surface area contributed by atoms with Crippen LogP contribution in [0.15, 0.2) is 46.9 Å². The van der Waals surface area contributed by atoms with Gasteiger partial charge in [0.1, 0.15) is 12.4 Å². The quantitative estimate of drug-likeness (QED) is 0.802. The Balaban J connectivity index is 1.71. The van der Waals surface area contributed by atoms with E-state index in [4.69, 9.17) is 14.2 Å². The van der Waals surface area contributed by atoms with E-state index in [-0.39, 0.29) is 12.5 Å². The Morgan fingerprint density at radius 2 is 2.04 bits per heavy atom. The van der Waals surface area contributed by atoms with Gasteiger partial charge in [0.15, 0.2) is 11.5 Å². The number of benzene rings is 2. The summed E-state index contributed by atoms with van der Waals surface area (Å²) in [6, 6.07) is 13.1. The fourth-order valence-electron chi connectivity index (χ4n) is 2.59. The molecule has 1 aliphatic rings. The van der Waals surface area contributed by atoms with Crippen LogP contribution >= 0.6 is 15.9 Å². The Morgan fingerprint density at radius 3 is 2.79 bits per heavy atom. The van der Waals surface area contributed by atoms with Crippen molar-refractivity contribution in [2.24, 2.45) is 0 Å². The van der Waals surface area contributed by atoms with Gasteiger partial charge >= 0.3 is 0 Å². The van der Waals surface area contributed by atoms with E-state index in [1.807, 2.05) is 36.4 Å². The fourth-order valence-corrected chi connectivity index (χ4v) is 3.00. The van der Waals surface area contributed by atoms with Crippen molar-refractivity contribution in [3.63, 3.8) is 0 Å². The zero-order valence-electron chi connectivity index (χ0n) is 13.5. The minimum atomic E-state index is -0.650. The number of amides is 1. The number of para-hydroxylation sites is 2. The van der Waals surface area contributed by atoms with E-state index in [2.05, 4.69) is 15.9 Å². The van der Waals surface area contributed by atoms with Crippen LogP contribution in [0.4, 0.5) is 0 Å². The van der Waals surface area contributed by atoms with Crippen LogP contribution in [-0.2, 0) is 11.3 Å². The number of hydrogen-bond donors (Lipinski definition) is 0. The average Bonchev–Trinajstić information content (AvgIpc) is 2.61. The summed E-state index contributed by atoms with van der Waals surface area (Å²) >= 11 is 3.44. The summed E-state index contributed by atoms with van der Waals surface area (Å²) in [6.07, 6.45) is -0.650. The first-order valence-electron chi connectivity index (χ1n) is 7.54. The number of halogens is 1. The average molecular weight is 392 g/mol. The molecule has 0 fully saturated rings. The molecule has 2 aromatic carbocycles. The normalized spacial score (nSPS) is 15.7. The van der Waals surface area contributed by atoms with E-state index in [1.165, 1.54) is 0 Å². The van der Waals surface area contributed by atoms with Gasteiger partial charge in [0, 0.05) is 23.6 Å². The van der Waals surface area contributed by atoms with Gasteiger partial charge in [-0.2, -0.15) is 0 Å². The molecule has 3 rings (SSSR count). The summed E-state index contributed by atoms with van der Waals surface area (Å²) in [4.78, 5) is 14.3. The number of ether oxygens (including phenoxy) is 3. The highest BCUT2D eigenvalue weighted by molar-refractivity contribution is 9.10. The summed E-state index contributed by atoms with van der Waals surface area (Å²) in [5.74, 6) is 1.86. The molecule has 0 unspecified atom stereocenters. The van der Waals surface area contributed by atoms with Crippen LogP contribution in [0.1, 0.15) is 5.56 Å². The predicted molar refractivity (Wildman–Crippen MR) is 93.5 cm³/mol. The van der Waals surface area contributed by atoms with Crippen LogP contribution in [-0.4, -0.2) is 37.7 Å². The van der Waals surface area contributed by atoms with E-state index in [0.29, 0.717) is 18.0 Å². The predicted octanol–water partition coefficient (Wildman–Crippen LogP) is 3.26. The van der Waals surface area contributed by atoms with E-state index in [9.17, 15) is 4.79 Å². The highest BCUT2D eigenvalue weighted by Gasteiger charge is 2.29. The molecular weight excluding hydrogens is 374 g/mol. The lowest BCUT2D eigenvalue weighted by Crippen LogP contribution is -2.44. The molecule has 0 saturated carbocycles. The number of hydrogen-bond acceptors (Lipinski definition) is 4. The number of nitrogens with zero attached hydrogens (tertiary/aromatic N) is 1. The van der Waals surface area contributed by atoms with Crippen molar-refractivity contribution < 1.29 is 19.0 Å². The van der Waals surface area contributed by atoms with E-state index in [0.717, 1.165) is 15.8 Å². The second-order valence-corrected chi connectivity index (χ2v) is 6.43. The van der Waals surface area contributed by atoms with Crippen molar-refractivity contribution in [3.05, 3.63) is 52.5 Å². The molecule has 1 heterocycles. The molecule has 0 aliphatic carbocycles. The van der Waals surface area contributed by atoms with Crippen LogP contribution in [0.2, 0.25) is 0 Å². The molecule has 1 aliphatic heterocycles. The van der Waals surface area contributed by atoms with E-state index >= 15 is 0 Å². The summed E-state index contributed by atoms with van der Waals surface area (Å²) in [7, 11) is 3.36. The van der Waals surface area contributed by atoms with Crippen LogP contribution in [0, 0.1) is 0 Å². The maximum absolute atomic E-state index is 12.7. The third-order valence-electron chi connectivity index (χ3n) is 3.81. The summed E-state index contributed by atoms with van der Waals surface area (Å²) < 4.78 is 17.7. The van der Waals surface area contributed by atoms with Gasteiger partial charge in [0.05, 0.1) is 7.11 Å². The van der Waals surface area contributed by atoms with Crippen LogP contribution < -0.4 is 14.2 Å². The first kappa shape index (κ1) is 16.6. The lowest BCUT2D eigenvalue weighted by atomic mass is 10.1. The second kappa shape index (κ2) is 7.13. The Morgan fingerprint density at radius 1 is 1.29 bits per heavy atom. The van der Waals surface area contributed by atoms with Gasteiger partial charge in [-0.1, -0.05) is 28.1 Å². The topological polar surface area (TPSA) is 48.0 Å². The van der Waals surface area contributed by atoms with Gasteiger partial charge in [-0.25, -0.2) is 0 Å². The number of carbonyl (C=O) groups is 1. The molecule has 0 N–H and O–H groups in total. The van der Waals surface area contributed by atoms with Crippen molar-refractivity contribution >= 4 is 21.8 Å². The third kappa shape index (κ3) is 3.48. The fraction of sp³-hybridized carbons (Fsp3) is 0.278. The molecule has 0 aromatic heterocycles. The zero-order chi connectivity index (χ0) is 17.1. The minimum absolute atomic E-state index is 0.133. The molecular formula is C18H18BrNO4. The molecule has 24 heavy (non-hydrogen) atoms. The number of likely N-dealkylation sites (N-methyl/N-ethyl adjacent to an activating group) is 1. The smallest absolute Gasteiger partial charge is 0.267 e. The lowest BCUT2D eigenvalue weighted by molar-refractivity contribution is -0.140. The molecule has 0 saturated heterocycles. The second-order valence-electron chi connectivity index (χ2n) is 5.51. The molecule has 0 radical (unpaired) electrons. The maximum Gasteiger partial charge on any atom is 0.267 e. The van der Waals surface area contributed by atoms with E-state index in [1.54, 1.807) is 25.1 Å². The first-order chi connectivity index (χ1) is 11.6. The molecule has 2 aromatic rings. The van der Waals surface area contributed by atoms with Crippen LogP contribution in [0.5, 0.6) is 17.2 Å². The highest BCUT2D eigenvalue weighted by Crippen LogP contribution is 2.31. The Hall–Kier alpha value is -2.21. The number of methoxy groups -OCH3 is 1. The van der Waals surface area contributed by atoms with Gasteiger partial charge in [0.25, 0.3) is 5.91 Å². The van der Waals surface area contributed by atoms with Gasteiger partial charge in [-0.3, -0.25) is 4.79 Å². The summed E-state index contributed by atoms with van der Waals surface area (Å²) in [5, 5.41) is 0. The summed E-state index contributed by atoms with van der Waals surface area (Å²) in [5.41, 5.74) is 0.917.